The lowest BCUT2D eigenvalue weighted by Gasteiger charge is -2.12. The van der Waals surface area contributed by atoms with Crippen molar-refractivity contribution in [3.05, 3.63) is 12.7 Å². The molecule has 0 heterocycles. The van der Waals surface area contributed by atoms with Gasteiger partial charge in [-0.15, -0.1) is 6.58 Å². The van der Waals surface area contributed by atoms with E-state index in [9.17, 15) is 9.59 Å². The molecular formula is C10H18N2O3. The highest BCUT2D eigenvalue weighted by molar-refractivity contribution is 5.83. The van der Waals surface area contributed by atoms with Crippen LogP contribution >= 0.6 is 0 Å². The summed E-state index contributed by atoms with van der Waals surface area (Å²) in [5.74, 6) is -1.29. The number of nitrogens with one attached hydrogen (secondary N) is 1. The Kier molecular flexibility index (Phi) is 7.27. The fraction of sp³-hybridized carbons (Fsp3) is 0.600. The lowest BCUT2D eigenvalue weighted by atomic mass is 10.2. The van der Waals surface area contributed by atoms with Gasteiger partial charge in [0, 0.05) is 6.42 Å². The van der Waals surface area contributed by atoms with Gasteiger partial charge in [0.2, 0.25) is 5.91 Å². The summed E-state index contributed by atoms with van der Waals surface area (Å²) >= 11 is 0. The first-order chi connectivity index (χ1) is 7.11. The molecule has 1 unspecified atom stereocenters. The van der Waals surface area contributed by atoms with Crippen molar-refractivity contribution in [3.63, 3.8) is 0 Å². The van der Waals surface area contributed by atoms with Gasteiger partial charge in [0.1, 0.15) is 6.04 Å². The third-order valence-corrected chi connectivity index (χ3v) is 1.89. The second-order valence-corrected chi connectivity index (χ2v) is 3.23. The molecule has 0 radical (unpaired) electrons. The van der Waals surface area contributed by atoms with Gasteiger partial charge in [-0.2, -0.15) is 0 Å². The minimum atomic E-state index is -1.04. The maximum Gasteiger partial charge on any atom is 0.326 e. The van der Waals surface area contributed by atoms with Gasteiger partial charge < -0.3 is 16.2 Å². The van der Waals surface area contributed by atoms with Crippen LogP contribution in [0.15, 0.2) is 12.7 Å². The number of nitrogens with two attached hydrogens (primary N) is 1. The molecule has 0 saturated carbocycles. The van der Waals surface area contributed by atoms with Gasteiger partial charge in [-0.25, -0.2) is 4.79 Å². The van der Waals surface area contributed by atoms with Crippen molar-refractivity contribution in [3.8, 4) is 0 Å². The Labute approximate surface area is 89.3 Å². The normalized spacial score (nSPS) is 11.8. The highest BCUT2D eigenvalue weighted by atomic mass is 16.4. The molecule has 0 bridgehead atoms. The molecule has 0 saturated heterocycles. The standard InChI is InChI=1S/C10H18N2O3/c1-2-5-8(10(14)15)12-9(13)6-3-4-7-11/h2,8H,1,3-7,11H2,(H,12,13)(H,14,15). The van der Waals surface area contributed by atoms with E-state index in [1.54, 1.807) is 0 Å². The predicted octanol–water partition coefficient (Wildman–Crippen LogP) is 0.261. The van der Waals surface area contributed by atoms with Crippen LogP contribution in [0.2, 0.25) is 0 Å². The average molecular weight is 214 g/mol. The van der Waals surface area contributed by atoms with E-state index >= 15 is 0 Å². The maximum absolute atomic E-state index is 11.3. The number of unbranched alkanes of at least 4 members (excludes halogenated alkanes) is 1. The minimum absolute atomic E-state index is 0.234. The Morgan fingerprint density at radius 1 is 1.47 bits per heavy atom. The van der Waals surface area contributed by atoms with Gasteiger partial charge in [-0.1, -0.05) is 6.08 Å². The van der Waals surface area contributed by atoms with Crippen molar-refractivity contribution >= 4 is 11.9 Å². The maximum atomic E-state index is 11.3. The summed E-state index contributed by atoms with van der Waals surface area (Å²) in [4.78, 5) is 21.9. The number of carbonyl (C=O) groups is 2. The molecule has 0 aliphatic heterocycles. The number of hydrogen-bond donors (Lipinski definition) is 3. The predicted molar refractivity (Wildman–Crippen MR) is 57.3 cm³/mol. The molecule has 15 heavy (non-hydrogen) atoms. The summed E-state index contributed by atoms with van der Waals surface area (Å²) in [5.41, 5.74) is 5.27. The van der Waals surface area contributed by atoms with Gasteiger partial charge in [-0.05, 0) is 25.8 Å². The number of carboxylic acid groups (broad SMARTS) is 1. The second-order valence-electron chi connectivity index (χ2n) is 3.23. The molecule has 4 N–H and O–H groups in total. The third kappa shape index (κ3) is 6.68. The second kappa shape index (κ2) is 7.99. The van der Waals surface area contributed by atoms with Gasteiger partial charge >= 0.3 is 5.97 Å². The average Bonchev–Trinajstić information content (AvgIpc) is 2.17. The molecule has 0 aromatic carbocycles. The molecule has 86 valence electrons. The van der Waals surface area contributed by atoms with Crippen LogP contribution in [0.4, 0.5) is 0 Å². The van der Waals surface area contributed by atoms with Crippen LogP contribution in [-0.4, -0.2) is 29.6 Å². The molecular weight excluding hydrogens is 196 g/mol. The number of carbonyl (C=O) groups excluding carboxylic acids is 1. The van der Waals surface area contributed by atoms with Crippen molar-refractivity contribution in [1.29, 1.82) is 0 Å². The first-order valence-corrected chi connectivity index (χ1v) is 4.95. The Balaban J connectivity index is 3.89. The topological polar surface area (TPSA) is 92.4 Å². The molecule has 0 spiro atoms. The molecule has 5 nitrogen and oxygen atoms in total. The van der Waals surface area contributed by atoms with Crippen LogP contribution in [0.1, 0.15) is 25.7 Å². The third-order valence-electron chi connectivity index (χ3n) is 1.89. The van der Waals surface area contributed by atoms with Crippen molar-refractivity contribution in [1.82, 2.24) is 5.32 Å². The Morgan fingerprint density at radius 3 is 2.60 bits per heavy atom. The van der Waals surface area contributed by atoms with Gasteiger partial charge in [0.15, 0.2) is 0 Å². The zero-order valence-electron chi connectivity index (χ0n) is 8.74. The molecule has 0 rings (SSSR count). The van der Waals surface area contributed by atoms with Crippen LogP contribution in [0.25, 0.3) is 0 Å². The van der Waals surface area contributed by atoms with E-state index in [0.29, 0.717) is 19.4 Å². The first-order valence-electron chi connectivity index (χ1n) is 4.95. The van der Waals surface area contributed by atoms with Gasteiger partial charge in [0.05, 0.1) is 0 Å². The largest absolute Gasteiger partial charge is 0.480 e. The number of hydrogen-bond acceptors (Lipinski definition) is 3. The number of rotatable bonds is 8. The van der Waals surface area contributed by atoms with Crippen LogP contribution in [0.5, 0.6) is 0 Å². The van der Waals surface area contributed by atoms with E-state index in [1.807, 2.05) is 0 Å². The zero-order valence-corrected chi connectivity index (χ0v) is 8.74. The summed E-state index contributed by atoms with van der Waals surface area (Å²) in [6.45, 7) is 3.98. The van der Waals surface area contributed by atoms with Crippen molar-refractivity contribution < 1.29 is 14.7 Å². The Hall–Kier alpha value is -1.36. The summed E-state index contributed by atoms with van der Waals surface area (Å²) < 4.78 is 0. The van der Waals surface area contributed by atoms with Gasteiger partial charge in [-0.3, -0.25) is 4.79 Å². The quantitative estimate of drug-likeness (QED) is 0.399. The lowest BCUT2D eigenvalue weighted by molar-refractivity contribution is -0.141. The molecule has 5 heteroatoms. The van der Waals surface area contributed by atoms with E-state index in [1.165, 1.54) is 6.08 Å². The molecule has 0 aliphatic rings. The number of aliphatic carboxylic acids is 1. The molecule has 0 fully saturated rings. The highest BCUT2D eigenvalue weighted by Gasteiger charge is 2.17. The molecule has 0 aromatic heterocycles. The summed E-state index contributed by atoms with van der Waals surface area (Å²) in [5, 5.41) is 11.2. The van der Waals surface area contributed by atoms with Crippen LogP contribution < -0.4 is 11.1 Å². The van der Waals surface area contributed by atoms with Crippen molar-refractivity contribution in [2.45, 2.75) is 31.7 Å². The van der Waals surface area contributed by atoms with Gasteiger partial charge in [0.25, 0.3) is 0 Å². The van der Waals surface area contributed by atoms with Crippen LogP contribution in [0.3, 0.4) is 0 Å². The molecule has 0 aliphatic carbocycles. The Bertz CT molecular complexity index is 229. The monoisotopic (exact) mass is 214 g/mol. The Morgan fingerprint density at radius 2 is 2.13 bits per heavy atom. The summed E-state index contributed by atoms with van der Waals surface area (Å²) in [6, 6.07) is -0.868. The van der Waals surface area contributed by atoms with Crippen LogP contribution in [-0.2, 0) is 9.59 Å². The number of carboxylic acids is 1. The summed E-state index contributed by atoms with van der Waals surface area (Å²) in [7, 11) is 0. The van der Waals surface area contributed by atoms with E-state index in [-0.39, 0.29) is 12.3 Å². The van der Waals surface area contributed by atoms with Crippen LogP contribution in [0, 0.1) is 0 Å². The highest BCUT2D eigenvalue weighted by Crippen LogP contribution is 1.97. The molecule has 1 amide bonds. The smallest absolute Gasteiger partial charge is 0.326 e. The first kappa shape index (κ1) is 13.6. The summed E-state index contributed by atoms with van der Waals surface area (Å²) in [6.07, 6.45) is 3.48. The fourth-order valence-electron chi connectivity index (χ4n) is 1.08. The molecule has 1 atom stereocenters. The SMILES string of the molecule is C=CCC(NC(=O)CCCCN)C(=O)O. The van der Waals surface area contributed by atoms with E-state index in [2.05, 4.69) is 11.9 Å². The number of amides is 1. The molecule has 0 aromatic rings. The fourth-order valence-corrected chi connectivity index (χ4v) is 1.08. The van der Waals surface area contributed by atoms with E-state index in [4.69, 9.17) is 10.8 Å². The van der Waals surface area contributed by atoms with E-state index < -0.39 is 12.0 Å². The van der Waals surface area contributed by atoms with E-state index in [0.717, 1.165) is 6.42 Å². The minimum Gasteiger partial charge on any atom is -0.480 e. The lowest BCUT2D eigenvalue weighted by Crippen LogP contribution is -2.40. The van der Waals surface area contributed by atoms with Crippen molar-refractivity contribution in [2.75, 3.05) is 6.54 Å². The van der Waals surface area contributed by atoms with Crippen molar-refractivity contribution in [2.24, 2.45) is 5.73 Å². The zero-order chi connectivity index (χ0) is 11.7.